The number of rotatable bonds is 3. The molecule has 3 rings (SSSR count). The lowest BCUT2D eigenvalue weighted by Crippen LogP contribution is -2.04. The molecule has 0 radical (unpaired) electrons. The molecule has 1 N–H and O–H groups in total. The highest BCUT2D eigenvalue weighted by atomic mass is 16.6. The fraction of sp³-hybridized carbons (Fsp3) is 0. The fourth-order valence-corrected chi connectivity index (χ4v) is 1.88. The van der Waals surface area contributed by atoms with Gasteiger partial charge in [-0.25, -0.2) is 0 Å². The number of nitro benzene ring substituents is 1. The number of nitrogens with one attached hydrogen (secondary N) is 1. The molecule has 8 nitrogen and oxygen atoms in total. The highest BCUT2D eigenvalue weighted by molar-refractivity contribution is 5.79. The number of azo groups is 1. The Morgan fingerprint density at radius 3 is 2.50 bits per heavy atom. The van der Waals surface area contributed by atoms with Crippen molar-refractivity contribution in [2.24, 2.45) is 10.2 Å². The van der Waals surface area contributed by atoms with Crippen LogP contribution in [0.1, 0.15) is 0 Å². The average Bonchev–Trinajstić information content (AvgIpc) is 2.55. The molecule has 1 aromatic heterocycles. The number of H-pyrrole nitrogens is 1. The number of benzene rings is 2. The predicted octanol–water partition coefficient (Wildman–Crippen LogP) is 3.25. The number of non-ortho nitro benzene ring substituents is 1. The minimum absolute atomic E-state index is 0.0411. The number of nitro groups is 1. The Kier molecular flexibility index (Phi) is 3.40. The molecule has 0 atom stereocenters. The van der Waals surface area contributed by atoms with Crippen molar-refractivity contribution in [3.05, 3.63) is 68.9 Å². The predicted molar refractivity (Wildman–Crippen MR) is 79.6 cm³/mol. The lowest BCUT2D eigenvalue weighted by molar-refractivity contribution is -0.384. The van der Waals surface area contributed by atoms with E-state index in [1.165, 1.54) is 24.3 Å². The Labute approximate surface area is 123 Å². The Bertz CT molecular complexity index is 931. The fourth-order valence-electron chi connectivity index (χ4n) is 1.88. The van der Waals surface area contributed by atoms with Crippen LogP contribution in [-0.4, -0.2) is 15.1 Å². The van der Waals surface area contributed by atoms with Gasteiger partial charge in [0.15, 0.2) is 0 Å². The summed E-state index contributed by atoms with van der Waals surface area (Å²) in [6.45, 7) is 0. The van der Waals surface area contributed by atoms with E-state index in [-0.39, 0.29) is 16.9 Å². The molecular formula is C14H9N5O3. The van der Waals surface area contributed by atoms with Crippen molar-refractivity contribution in [3.8, 4) is 0 Å². The van der Waals surface area contributed by atoms with E-state index in [0.29, 0.717) is 16.6 Å². The molecule has 0 aliphatic rings. The minimum atomic E-state index is -0.503. The Balaban J connectivity index is 1.94. The lowest BCUT2D eigenvalue weighted by Gasteiger charge is -1.97. The summed E-state index contributed by atoms with van der Waals surface area (Å²) in [6.07, 6.45) is 0. The number of hydrogen-bond acceptors (Lipinski definition) is 6. The van der Waals surface area contributed by atoms with E-state index in [1.807, 2.05) is 0 Å². The molecule has 0 unspecified atom stereocenters. The van der Waals surface area contributed by atoms with Crippen LogP contribution in [0.2, 0.25) is 0 Å². The van der Waals surface area contributed by atoms with Crippen LogP contribution >= 0.6 is 0 Å². The van der Waals surface area contributed by atoms with Crippen molar-refractivity contribution in [2.75, 3.05) is 0 Å². The molecule has 2 aromatic carbocycles. The van der Waals surface area contributed by atoms with Crippen molar-refractivity contribution >= 4 is 28.1 Å². The molecule has 0 fully saturated rings. The maximum atomic E-state index is 12.2. The third kappa shape index (κ3) is 2.57. The van der Waals surface area contributed by atoms with E-state index in [9.17, 15) is 14.9 Å². The molecule has 0 aliphatic heterocycles. The Morgan fingerprint density at radius 2 is 1.77 bits per heavy atom. The van der Waals surface area contributed by atoms with Gasteiger partial charge in [-0.05, 0) is 24.3 Å². The second-order valence-electron chi connectivity index (χ2n) is 4.40. The summed E-state index contributed by atoms with van der Waals surface area (Å²) < 4.78 is 0. The van der Waals surface area contributed by atoms with E-state index in [1.54, 1.807) is 24.3 Å². The molecule has 8 heteroatoms. The molecule has 1 heterocycles. The summed E-state index contributed by atoms with van der Waals surface area (Å²) in [4.78, 5) is 22.2. The SMILES string of the molecule is O=c1c(N=Nc2ccc([N+](=O)[O-])cc2)n[nH]c2ccccc12. The minimum Gasteiger partial charge on any atom is -0.285 e. The number of aromatic amines is 1. The van der Waals surface area contributed by atoms with Gasteiger partial charge in [0.1, 0.15) is 0 Å². The lowest BCUT2D eigenvalue weighted by atomic mass is 10.2. The van der Waals surface area contributed by atoms with Crippen LogP contribution < -0.4 is 5.43 Å². The van der Waals surface area contributed by atoms with Gasteiger partial charge in [-0.15, -0.1) is 15.3 Å². The van der Waals surface area contributed by atoms with Crippen molar-refractivity contribution in [1.82, 2.24) is 10.2 Å². The first-order valence-electron chi connectivity index (χ1n) is 6.29. The molecular weight excluding hydrogens is 286 g/mol. The summed E-state index contributed by atoms with van der Waals surface area (Å²) in [6, 6.07) is 12.4. The monoisotopic (exact) mass is 295 g/mol. The van der Waals surface area contributed by atoms with Gasteiger partial charge in [-0.2, -0.15) is 0 Å². The van der Waals surface area contributed by atoms with Gasteiger partial charge in [0.25, 0.3) is 5.69 Å². The van der Waals surface area contributed by atoms with E-state index >= 15 is 0 Å². The van der Waals surface area contributed by atoms with Gasteiger partial charge in [0, 0.05) is 12.1 Å². The van der Waals surface area contributed by atoms with E-state index in [2.05, 4.69) is 20.4 Å². The number of aromatic nitrogens is 2. The normalized spacial score (nSPS) is 11.1. The summed E-state index contributed by atoms with van der Waals surface area (Å²) >= 11 is 0. The summed E-state index contributed by atoms with van der Waals surface area (Å²) in [7, 11) is 0. The largest absolute Gasteiger partial charge is 0.285 e. The first-order chi connectivity index (χ1) is 10.6. The van der Waals surface area contributed by atoms with Crippen LogP contribution in [-0.2, 0) is 0 Å². The van der Waals surface area contributed by atoms with Gasteiger partial charge in [0.2, 0.25) is 11.2 Å². The smallest absolute Gasteiger partial charge is 0.269 e. The van der Waals surface area contributed by atoms with Crippen molar-refractivity contribution in [1.29, 1.82) is 0 Å². The zero-order valence-electron chi connectivity index (χ0n) is 11.1. The van der Waals surface area contributed by atoms with Crippen LogP contribution in [0.3, 0.4) is 0 Å². The third-order valence-corrected chi connectivity index (χ3v) is 2.98. The molecule has 22 heavy (non-hydrogen) atoms. The molecule has 0 amide bonds. The summed E-state index contributed by atoms with van der Waals surface area (Å²) in [5.74, 6) is -0.0722. The second kappa shape index (κ2) is 5.52. The molecule has 0 bridgehead atoms. The van der Waals surface area contributed by atoms with Gasteiger partial charge < -0.3 is 0 Å². The van der Waals surface area contributed by atoms with Crippen molar-refractivity contribution in [3.63, 3.8) is 0 Å². The third-order valence-electron chi connectivity index (χ3n) is 2.98. The number of fused-ring (bicyclic) bond motifs is 1. The Hall–Kier alpha value is -3.42. The summed E-state index contributed by atoms with van der Waals surface area (Å²) in [5, 5.41) is 25.3. The zero-order valence-corrected chi connectivity index (χ0v) is 11.1. The average molecular weight is 295 g/mol. The highest BCUT2D eigenvalue weighted by Gasteiger charge is 2.06. The molecule has 0 spiro atoms. The van der Waals surface area contributed by atoms with Crippen LogP contribution in [0.25, 0.3) is 10.9 Å². The van der Waals surface area contributed by atoms with Crippen LogP contribution in [0, 0.1) is 10.1 Å². The first-order valence-corrected chi connectivity index (χ1v) is 6.29. The maximum absolute atomic E-state index is 12.2. The van der Waals surface area contributed by atoms with Gasteiger partial charge in [0.05, 0.1) is 21.5 Å². The van der Waals surface area contributed by atoms with Crippen LogP contribution in [0.15, 0.2) is 63.6 Å². The zero-order chi connectivity index (χ0) is 15.5. The molecule has 3 aromatic rings. The number of para-hydroxylation sites is 1. The standard InChI is InChI=1S/C14H9N5O3/c20-13-11-3-1-2-4-12(11)16-18-14(13)17-15-9-5-7-10(8-6-9)19(21)22/h1-8H,(H,16,20). The Morgan fingerprint density at radius 1 is 1.05 bits per heavy atom. The topological polar surface area (TPSA) is 114 Å². The molecule has 0 saturated heterocycles. The highest BCUT2D eigenvalue weighted by Crippen LogP contribution is 2.19. The quantitative estimate of drug-likeness (QED) is 0.453. The van der Waals surface area contributed by atoms with Crippen LogP contribution in [0.4, 0.5) is 17.2 Å². The number of hydrogen-bond donors (Lipinski definition) is 1. The van der Waals surface area contributed by atoms with Crippen molar-refractivity contribution in [2.45, 2.75) is 0 Å². The summed E-state index contributed by atoms with van der Waals surface area (Å²) in [5.41, 5.74) is 0.627. The van der Waals surface area contributed by atoms with Gasteiger partial charge >= 0.3 is 0 Å². The van der Waals surface area contributed by atoms with E-state index in [4.69, 9.17) is 0 Å². The molecule has 0 aliphatic carbocycles. The van der Waals surface area contributed by atoms with Gasteiger partial charge in [-0.1, -0.05) is 12.1 Å². The molecule has 108 valence electrons. The van der Waals surface area contributed by atoms with E-state index in [0.717, 1.165) is 0 Å². The maximum Gasteiger partial charge on any atom is 0.269 e. The van der Waals surface area contributed by atoms with Gasteiger partial charge in [-0.3, -0.25) is 20.0 Å². The first kappa shape index (κ1) is 13.6. The molecule has 0 saturated carbocycles. The number of nitrogens with zero attached hydrogens (tertiary/aromatic N) is 4. The van der Waals surface area contributed by atoms with E-state index < -0.39 is 4.92 Å². The van der Waals surface area contributed by atoms with Crippen molar-refractivity contribution < 1.29 is 4.92 Å². The van der Waals surface area contributed by atoms with Crippen LogP contribution in [0.5, 0.6) is 0 Å². The second-order valence-corrected chi connectivity index (χ2v) is 4.40.